The molecule has 8 nitrogen and oxygen atoms in total. The van der Waals surface area contributed by atoms with Crippen LogP contribution in [-0.4, -0.2) is 36.4 Å². The van der Waals surface area contributed by atoms with Crippen molar-refractivity contribution in [3.05, 3.63) is 65.4 Å². The fourth-order valence-corrected chi connectivity index (χ4v) is 2.62. The lowest BCUT2D eigenvalue weighted by atomic mass is 10.1. The molecule has 2 aromatic rings. The molecule has 0 aromatic heterocycles. The summed E-state index contributed by atoms with van der Waals surface area (Å²) in [6, 6.07) is 14.7. The first-order valence-electron chi connectivity index (χ1n) is 8.29. The van der Waals surface area contributed by atoms with Crippen LogP contribution in [0.1, 0.15) is 11.1 Å². The van der Waals surface area contributed by atoms with Gasteiger partial charge in [0.1, 0.15) is 18.0 Å². The van der Waals surface area contributed by atoms with Crippen LogP contribution in [0.3, 0.4) is 0 Å². The maximum atomic E-state index is 12.5. The molecule has 1 saturated heterocycles. The Morgan fingerprint density at radius 1 is 1.21 bits per heavy atom. The summed E-state index contributed by atoms with van der Waals surface area (Å²) in [4.78, 5) is 37.7. The van der Waals surface area contributed by atoms with Gasteiger partial charge in [0.15, 0.2) is 0 Å². The largest absolute Gasteiger partial charge is 0.495 e. The molecular weight excluding hydrogens is 360 g/mol. The number of urea groups is 1. The zero-order chi connectivity index (χ0) is 20.1. The summed E-state index contributed by atoms with van der Waals surface area (Å²) in [7, 11) is 1.47. The molecule has 0 radical (unpaired) electrons. The van der Waals surface area contributed by atoms with Gasteiger partial charge in [-0.3, -0.25) is 9.59 Å². The van der Waals surface area contributed by atoms with Crippen molar-refractivity contribution in [3.8, 4) is 11.8 Å². The molecule has 0 spiro atoms. The first kappa shape index (κ1) is 18.7. The van der Waals surface area contributed by atoms with Crippen LogP contribution in [0.2, 0.25) is 0 Å². The van der Waals surface area contributed by atoms with Crippen molar-refractivity contribution in [1.82, 2.24) is 10.2 Å². The van der Waals surface area contributed by atoms with Crippen LogP contribution in [0.25, 0.3) is 6.08 Å². The van der Waals surface area contributed by atoms with E-state index in [1.54, 1.807) is 48.5 Å². The summed E-state index contributed by atoms with van der Waals surface area (Å²) in [5.41, 5.74) is 1.62. The molecule has 28 heavy (non-hydrogen) atoms. The zero-order valence-corrected chi connectivity index (χ0v) is 14.9. The summed E-state index contributed by atoms with van der Waals surface area (Å²) in [5.74, 6) is -0.674. The third-order valence-corrected chi connectivity index (χ3v) is 4.00. The fourth-order valence-electron chi connectivity index (χ4n) is 2.62. The van der Waals surface area contributed by atoms with E-state index in [0.717, 1.165) is 4.90 Å². The smallest absolute Gasteiger partial charge is 0.329 e. The number of benzene rings is 2. The third-order valence-electron chi connectivity index (χ3n) is 4.00. The zero-order valence-electron chi connectivity index (χ0n) is 14.9. The van der Waals surface area contributed by atoms with E-state index in [0.29, 0.717) is 22.6 Å². The number of nitrogens with zero attached hydrogens (tertiary/aromatic N) is 2. The average Bonchev–Trinajstić information content (AvgIpc) is 2.96. The Morgan fingerprint density at radius 3 is 2.61 bits per heavy atom. The van der Waals surface area contributed by atoms with Crippen molar-refractivity contribution in [3.63, 3.8) is 0 Å². The second-order valence-electron chi connectivity index (χ2n) is 5.86. The normalized spacial score (nSPS) is 14.6. The first-order valence-corrected chi connectivity index (χ1v) is 8.29. The maximum Gasteiger partial charge on any atom is 0.329 e. The lowest BCUT2D eigenvalue weighted by Gasteiger charge is -2.13. The van der Waals surface area contributed by atoms with E-state index in [1.807, 2.05) is 6.07 Å². The predicted octanol–water partition coefficient (Wildman–Crippen LogP) is 2.10. The summed E-state index contributed by atoms with van der Waals surface area (Å²) in [5, 5.41) is 13.9. The highest BCUT2D eigenvalue weighted by atomic mass is 16.5. The topological polar surface area (TPSA) is 112 Å². The number of nitriles is 1. The highest BCUT2D eigenvalue weighted by molar-refractivity contribution is 6.16. The van der Waals surface area contributed by atoms with Gasteiger partial charge in [-0.25, -0.2) is 9.69 Å². The molecule has 2 aromatic carbocycles. The Hall–Kier alpha value is -4.12. The van der Waals surface area contributed by atoms with Crippen LogP contribution in [0.5, 0.6) is 5.75 Å². The molecular formula is C20H16N4O4. The third kappa shape index (κ3) is 3.99. The number of para-hydroxylation sites is 2. The second-order valence-corrected chi connectivity index (χ2v) is 5.86. The highest BCUT2D eigenvalue weighted by Crippen LogP contribution is 2.23. The fraction of sp³-hybridized carbons (Fsp3) is 0.100. The molecule has 1 aliphatic heterocycles. The molecule has 4 amide bonds. The lowest BCUT2D eigenvalue weighted by molar-refractivity contribution is -0.127. The number of ether oxygens (including phenoxy) is 1. The van der Waals surface area contributed by atoms with Gasteiger partial charge < -0.3 is 15.4 Å². The molecule has 0 atom stereocenters. The number of imide groups is 1. The van der Waals surface area contributed by atoms with Crippen molar-refractivity contribution in [2.75, 3.05) is 19.0 Å². The summed E-state index contributed by atoms with van der Waals surface area (Å²) in [6.07, 6.45) is 1.49. The molecule has 3 rings (SSSR count). The van der Waals surface area contributed by atoms with E-state index in [-0.39, 0.29) is 5.70 Å². The standard InChI is InChI=1S/C20H16N4O4/c1-28-17-5-3-2-4-15(17)22-18(25)12-24-19(26)16(23-20(24)27)10-13-6-8-14(11-21)9-7-13/h2-10H,12H2,1H3,(H,22,25)(H,23,27)/b16-10+. The van der Waals surface area contributed by atoms with Crippen LogP contribution < -0.4 is 15.4 Å². The second kappa shape index (κ2) is 8.05. The molecule has 2 N–H and O–H groups in total. The van der Waals surface area contributed by atoms with Gasteiger partial charge in [-0.1, -0.05) is 24.3 Å². The molecule has 1 fully saturated rings. The SMILES string of the molecule is COc1ccccc1NC(=O)CN1C(=O)N/C(=C/c2ccc(C#N)cc2)C1=O. The molecule has 1 heterocycles. The number of amides is 4. The van der Waals surface area contributed by atoms with Crippen LogP contribution in [0.15, 0.2) is 54.2 Å². The van der Waals surface area contributed by atoms with Crippen molar-refractivity contribution < 1.29 is 19.1 Å². The quantitative estimate of drug-likeness (QED) is 0.613. The van der Waals surface area contributed by atoms with Crippen LogP contribution in [-0.2, 0) is 9.59 Å². The van der Waals surface area contributed by atoms with E-state index in [9.17, 15) is 14.4 Å². The molecule has 0 aliphatic carbocycles. The summed E-state index contributed by atoms with van der Waals surface area (Å²) in [6.45, 7) is -0.437. The Kier molecular flexibility index (Phi) is 5.37. The maximum absolute atomic E-state index is 12.5. The molecule has 0 unspecified atom stereocenters. The number of anilines is 1. The number of methoxy groups -OCH3 is 1. The van der Waals surface area contributed by atoms with Gasteiger partial charge in [0.05, 0.1) is 24.4 Å². The molecule has 0 bridgehead atoms. The van der Waals surface area contributed by atoms with Crippen molar-refractivity contribution >= 4 is 29.6 Å². The number of carbonyl (C=O) groups excluding carboxylic acids is 3. The lowest BCUT2D eigenvalue weighted by Crippen LogP contribution is -2.38. The number of rotatable bonds is 5. The Morgan fingerprint density at radius 2 is 1.93 bits per heavy atom. The van der Waals surface area contributed by atoms with Crippen LogP contribution in [0.4, 0.5) is 10.5 Å². The Labute approximate surface area is 161 Å². The molecule has 1 aliphatic rings. The van der Waals surface area contributed by atoms with Gasteiger partial charge in [-0.05, 0) is 35.9 Å². The van der Waals surface area contributed by atoms with Crippen molar-refractivity contribution in [1.29, 1.82) is 5.26 Å². The van der Waals surface area contributed by atoms with Gasteiger partial charge in [-0.15, -0.1) is 0 Å². The van der Waals surface area contributed by atoms with Gasteiger partial charge in [-0.2, -0.15) is 5.26 Å². The van der Waals surface area contributed by atoms with E-state index in [1.165, 1.54) is 13.2 Å². The van der Waals surface area contributed by atoms with Crippen LogP contribution in [0, 0.1) is 11.3 Å². The van der Waals surface area contributed by atoms with Crippen molar-refractivity contribution in [2.45, 2.75) is 0 Å². The van der Waals surface area contributed by atoms with E-state index in [4.69, 9.17) is 10.00 Å². The minimum atomic E-state index is -0.680. The number of carbonyl (C=O) groups is 3. The van der Waals surface area contributed by atoms with Gasteiger partial charge >= 0.3 is 6.03 Å². The Balaban J connectivity index is 1.70. The van der Waals surface area contributed by atoms with E-state index < -0.39 is 24.4 Å². The number of hydrogen-bond donors (Lipinski definition) is 2. The van der Waals surface area contributed by atoms with E-state index >= 15 is 0 Å². The van der Waals surface area contributed by atoms with Gasteiger partial charge in [0.2, 0.25) is 5.91 Å². The van der Waals surface area contributed by atoms with Crippen LogP contribution >= 0.6 is 0 Å². The molecule has 0 saturated carbocycles. The van der Waals surface area contributed by atoms with Gasteiger partial charge in [0, 0.05) is 0 Å². The minimum Gasteiger partial charge on any atom is -0.495 e. The molecule has 8 heteroatoms. The Bertz CT molecular complexity index is 1010. The van der Waals surface area contributed by atoms with E-state index in [2.05, 4.69) is 10.6 Å². The van der Waals surface area contributed by atoms with Gasteiger partial charge in [0.25, 0.3) is 5.91 Å². The summed E-state index contributed by atoms with van der Waals surface area (Å²) >= 11 is 0. The van der Waals surface area contributed by atoms with Crippen molar-refractivity contribution in [2.24, 2.45) is 0 Å². The molecule has 140 valence electrons. The first-order chi connectivity index (χ1) is 13.5. The predicted molar refractivity (Wildman–Crippen MR) is 101 cm³/mol. The monoisotopic (exact) mass is 376 g/mol. The number of hydrogen-bond acceptors (Lipinski definition) is 5. The number of nitrogens with one attached hydrogen (secondary N) is 2. The summed E-state index contributed by atoms with van der Waals surface area (Å²) < 4.78 is 5.15. The average molecular weight is 376 g/mol. The minimum absolute atomic E-state index is 0.0554. The highest BCUT2D eigenvalue weighted by Gasteiger charge is 2.35.